The van der Waals surface area contributed by atoms with Gasteiger partial charge in [0.25, 0.3) is 0 Å². The van der Waals surface area contributed by atoms with E-state index in [1.165, 1.54) is 0 Å². The summed E-state index contributed by atoms with van der Waals surface area (Å²) < 4.78 is 32.8. The molecule has 2 aliphatic rings. The predicted molar refractivity (Wildman–Crippen MR) is 163 cm³/mol. The molecule has 2 atom stereocenters. The van der Waals surface area contributed by atoms with Gasteiger partial charge in [-0.2, -0.15) is 0 Å². The van der Waals surface area contributed by atoms with Crippen molar-refractivity contribution >= 4 is 12.2 Å². The van der Waals surface area contributed by atoms with Gasteiger partial charge >= 0.3 is 12.2 Å². The molecule has 3 aromatic rings. The molecule has 2 aliphatic heterocycles. The van der Waals surface area contributed by atoms with Crippen LogP contribution in [0, 0.1) is 0 Å². The quantitative estimate of drug-likeness (QED) is 0.220. The first kappa shape index (κ1) is 31.2. The number of hydrogen-bond acceptors (Lipinski definition) is 8. The second-order valence-corrected chi connectivity index (χ2v) is 11.6. The highest BCUT2D eigenvalue weighted by atomic mass is 16.6. The Morgan fingerprint density at radius 2 is 1.07 bits per heavy atom. The minimum absolute atomic E-state index is 0.151. The SMILES string of the molecule is CC1(COc2ccc(CCOC(=O)NCc3cccc(CNC(=O)OCCc4ccc(OCC5(C)CO5)cc4)c3)cc2)CO1. The van der Waals surface area contributed by atoms with Crippen molar-refractivity contribution in [3.63, 3.8) is 0 Å². The summed E-state index contributed by atoms with van der Waals surface area (Å²) in [4.78, 5) is 24.4. The van der Waals surface area contributed by atoms with Gasteiger partial charge in [-0.1, -0.05) is 48.5 Å². The molecule has 2 fully saturated rings. The zero-order valence-corrected chi connectivity index (χ0v) is 25.3. The number of benzene rings is 3. The first-order valence-corrected chi connectivity index (χ1v) is 14.9. The molecule has 0 aromatic heterocycles. The monoisotopic (exact) mass is 604 g/mol. The fourth-order valence-electron chi connectivity index (χ4n) is 4.21. The maximum atomic E-state index is 12.2. The van der Waals surface area contributed by atoms with E-state index < -0.39 is 12.2 Å². The van der Waals surface area contributed by atoms with Crippen molar-refractivity contribution in [1.29, 1.82) is 0 Å². The van der Waals surface area contributed by atoms with Crippen LogP contribution in [0.3, 0.4) is 0 Å². The van der Waals surface area contributed by atoms with Crippen LogP contribution in [0.1, 0.15) is 36.1 Å². The lowest BCUT2D eigenvalue weighted by Crippen LogP contribution is -2.25. The third-order valence-electron chi connectivity index (χ3n) is 7.32. The van der Waals surface area contributed by atoms with Gasteiger partial charge < -0.3 is 39.1 Å². The lowest BCUT2D eigenvalue weighted by molar-refractivity contribution is 0.146. The van der Waals surface area contributed by atoms with Crippen LogP contribution in [0.2, 0.25) is 0 Å². The molecule has 234 valence electrons. The summed E-state index contributed by atoms with van der Waals surface area (Å²) in [5, 5.41) is 5.54. The zero-order valence-electron chi connectivity index (χ0n) is 25.3. The standard InChI is InChI=1S/C34H40N2O8/c1-33(23-43-33)21-41-29-10-6-25(7-11-29)14-16-39-31(37)35-19-27-4-3-5-28(18-27)20-36-32(38)40-17-15-26-8-12-30(13-9-26)42-22-34(2)24-44-34/h3-13,18H,14-17,19-24H2,1-2H3,(H,35,37)(H,36,38). The molecule has 2 unspecified atom stereocenters. The summed E-state index contributed by atoms with van der Waals surface area (Å²) in [7, 11) is 0. The molecule has 0 bridgehead atoms. The van der Waals surface area contributed by atoms with E-state index in [0.717, 1.165) is 47.0 Å². The van der Waals surface area contributed by atoms with Crippen LogP contribution >= 0.6 is 0 Å². The topological polar surface area (TPSA) is 120 Å². The Morgan fingerprint density at radius 1 is 0.659 bits per heavy atom. The van der Waals surface area contributed by atoms with E-state index in [2.05, 4.69) is 10.6 Å². The second kappa shape index (κ2) is 14.5. The highest BCUT2D eigenvalue weighted by Gasteiger charge is 2.40. The van der Waals surface area contributed by atoms with Gasteiger partial charge in [0, 0.05) is 25.9 Å². The molecular formula is C34H40N2O8. The van der Waals surface area contributed by atoms with Gasteiger partial charge in [0.05, 0.1) is 26.4 Å². The zero-order chi connectivity index (χ0) is 30.8. The summed E-state index contributed by atoms with van der Waals surface area (Å²) in [6.45, 7) is 7.71. The molecule has 3 aromatic carbocycles. The Kier molecular flexibility index (Phi) is 10.2. The minimum atomic E-state index is -0.487. The second-order valence-electron chi connectivity index (χ2n) is 11.6. The van der Waals surface area contributed by atoms with E-state index in [9.17, 15) is 9.59 Å². The van der Waals surface area contributed by atoms with Crippen LogP contribution in [0.5, 0.6) is 11.5 Å². The summed E-state index contributed by atoms with van der Waals surface area (Å²) in [5.74, 6) is 1.58. The van der Waals surface area contributed by atoms with Gasteiger partial charge in [-0.25, -0.2) is 9.59 Å². The fraction of sp³-hybridized carbons (Fsp3) is 0.412. The maximum absolute atomic E-state index is 12.2. The van der Waals surface area contributed by atoms with Crippen LogP contribution in [0.15, 0.2) is 72.8 Å². The van der Waals surface area contributed by atoms with Gasteiger partial charge in [-0.3, -0.25) is 0 Å². The maximum Gasteiger partial charge on any atom is 0.407 e. The third-order valence-corrected chi connectivity index (χ3v) is 7.32. The number of amides is 2. The van der Waals surface area contributed by atoms with Crippen molar-refractivity contribution in [2.45, 2.75) is 51.0 Å². The molecule has 10 heteroatoms. The van der Waals surface area contributed by atoms with Gasteiger partial charge in [-0.05, 0) is 60.4 Å². The third kappa shape index (κ3) is 10.5. The van der Waals surface area contributed by atoms with Crippen LogP contribution < -0.4 is 20.1 Å². The number of nitrogens with one attached hydrogen (secondary N) is 2. The fourth-order valence-corrected chi connectivity index (χ4v) is 4.21. The number of carbonyl (C=O) groups is 2. The molecule has 2 N–H and O–H groups in total. The van der Waals surface area contributed by atoms with E-state index in [4.69, 9.17) is 28.4 Å². The van der Waals surface area contributed by atoms with Crippen LogP contribution in [0.4, 0.5) is 9.59 Å². The summed E-state index contributed by atoms with van der Waals surface area (Å²) >= 11 is 0. The molecule has 0 spiro atoms. The Bertz CT molecular complexity index is 1280. The normalized spacial score (nSPS) is 19.9. The Morgan fingerprint density at radius 3 is 1.45 bits per heavy atom. The summed E-state index contributed by atoms with van der Waals surface area (Å²) in [6, 6.07) is 23.1. The number of alkyl carbamates (subject to hydrolysis) is 2. The molecule has 2 heterocycles. The number of hydrogen-bond donors (Lipinski definition) is 2. The summed E-state index contributed by atoms with van der Waals surface area (Å²) in [5.41, 5.74) is 3.58. The van der Waals surface area contributed by atoms with Crippen molar-refractivity contribution in [1.82, 2.24) is 10.6 Å². The summed E-state index contributed by atoms with van der Waals surface area (Å²) in [6.07, 6.45) is 0.226. The first-order chi connectivity index (χ1) is 21.3. The average Bonchev–Trinajstić information content (AvgIpc) is 3.96. The smallest absolute Gasteiger partial charge is 0.407 e. The molecule has 10 nitrogen and oxygen atoms in total. The Labute approximate surface area is 257 Å². The van der Waals surface area contributed by atoms with E-state index in [1.54, 1.807) is 0 Å². The number of carbonyl (C=O) groups excluding carboxylic acids is 2. The van der Waals surface area contributed by atoms with Gasteiger partial charge in [-0.15, -0.1) is 0 Å². The molecular weight excluding hydrogens is 564 g/mol. The largest absolute Gasteiger partial charge is 0.491 e. The molecule has 44 heavy (non-hydrogen) atoms. The van der Waals surface area contributed by atoms with E-state index in [-0.39, 0.29) is 24.4 Å². The van der Waals surface area contributed by atoms with Gasteiger partial charge in [0.1, 0.15) is 35.9 Å². The van der Waals surface area contributed by atoms with E-state index >= 15 is 0 Å². The molecule has 2 saturated heterocycles. The van der Waals surface area contributed by atoms with Gasteiger partial charge in [0.15, 0.2) is 0 Å². The van der Waals surface area contributed by atoms with Crippen LogP contribution in [-0.4, -0.2) is 63.0 Å². The Hall–Kier alpha value is -4.28. The highest BCUT2D eigenvalue weighted by molar-refractivity contribution is 5.67. The van der Waals surface area contributed by atoms with Crippen molar-refractivity contribution in [2.24, 2.45) is 0 Å². The van der Waals surface area contributed by atoms with Crippen LogP contribution in [-0.2, 0) is 44.9 Å². The van der Waals surface area contributed by atoms with Crippen molar-refractivity contribution < 1.29 is 38.0 Å². The Balaban J connectivity index is 0.926. The van der Waals surface area contributed by atoms with Crippen molar-refractivity contribution in [3.05, 3.63) is 95.1 Å². The number of ether oxygens (including phenoxy) is 6. The predicted octanol–water partition coefficient (Wildman–Crippen LogP) is 4.96. The van der Waals surface area contributed by atoms with Crippen LogP contribution in [0.25, 0.3) is 0 Å². The first-order valence-electron chi connectivity index (χ1n) is 14.9. The van der Waals surface area contributed by atoms with Crippen molar-refractivity contribution in [3.8, 4) is 11.5 Å². The minimum Gasteiger partial charge on any atom is -0.491 e. The van der Waals surface area contributed by atoms with E-state index in [0.29, 0.717) is 39.1 Å². The lowest BCUT2D eigenvalue weighted by atomic mass is 10.1. The van der Waals surface area contributed by atoms with E-state index in [1.807, 2.05) is 86.6 Å². The molecule has 0 aliphatic carbocycles. The van der Waals surface area contributed by atoms with Crippen molar-refractivity contribution in [2.75, 3.05) is 39.6 Å². The lowest BCUT2D eigenvalue weighted by Gasteiger charge is -2.11. The molecule has 5 rings (SSSR count). The average molecular weight is 605 g/mol. The van der Waals surface area contributed by atoms with Gasteiger partial charge in [0.2, 0.25) is 0 Å². The molecule has 0 saturated carbocycles. The molecule has 2 amide bonds. The highest BCUT2D eigenvalue weighted by Crippen LogP contribution is 2.28. The molecule has 0 radical (unpaired) electrons. The number of rotatable bonds is 16. The number of epoxide rings is 2.